The summed E-state index contributed by atoms with van der Waals surface area (Å²) >= 11 is 0. The SMILES string of the molecule is C#CCC(=O)COC(C)C. The second kappa shape index (κ2) is 5.01. The maximum atomic E-state index is 10.7. The van der Waals surface area contributed by atoms with E-state index < -0.39 is 0 Å². The van der Waals surface area contributed by atoms with Gasteiger partial charge in [0.05, 0.1) is 12.5 Å². The van der Waals surface area contributed by atoms with E-state index in [1.807, 2.05) is 13.8 Å². The molecule has 0 aromatic heterocycles. The smallest absolute Gasteiger partial charge is 0.170 e. The fraction of sp³-hybridized carbons (Fsp3) is 0.625. The van der Waals surface area contributed by atoms with Crippen molar-refractivity contribution in [1.82, 2.24) is 0 Å². The Kier molecular flexibility index (Phi) is 4.61. The van der Waals surface area contributed by atoms with Crippen LogP contribution in [0.5, 0.6) is 0 Å². The first-order valence-electron chi connectivity index (χ1n) is 3.23. The lowest BCUT2D eigenvalue weighted by atomic mass is 10.3. The Morgan fingerprint density at radius 2 is 2.30 bits per heavy atom. The van der Waals surface area contributed by atoms with Crippen molar-refractivity contribution in [1.29, 1.82) is 0 Å². The molecule has 0 aliphatic rings. The highest BCUT2D eigenvalue weighted by Gasteiger charge is 2.00. The molecule has 0 rings (SSSR count). The predicted octanol–water partition coefficient (Wildman–Crippen LogP) is 1.00. The number of carbonyl (C=O) groups excluding carboxylic acids is 1. The van der Waals surface area contributed by atoms with E-state index in [0.717, 1.165) is 0 Å². The molecule has 0 N–H and O–H groups in total. The highest BCUT2D eigenvalue weighted by atomic mass is 16.5. The molecular weight excluding hydrogens is 128 g/mol. The summed E-state index contributed by atoms with van der Waals surface area (Å²) < 4.78 is 5.01. The van der Waals surface area contributed by atoms with E-state index in [0.29, 0.717) is 0 Å². The molecule has 0 aliphatic carbocycles. The largest absolute Gasteiger partial charge is 0.371 e. The zero-order valence-electron chi connectivity index (χ0n) is 6.39. The van der Waals surface area contributed by atoms with E-state index in [1.165, 1.54) is 0 Å². The van der Waals surface area contributed by atoms with Gasteiger partial charge >= 0.3 is 0 Å². The number of ether oxygens (including phenoxy) is 1. The molecule has 2 nitrogen and oxygen atoms in total. The summed E-state index contributed by atoms with van der Waals surface area (Å²) in [4.78, 5) is 10.7. The van der Waals surface area contributed by atoms with Gasteiger partial charge < -0.3 is 4.74 Å². The van der Waals surface area contributed by atoms with Crippen molar-refractivity contribution in [2.75, 3.05) is 6.61 Å². The lowest BCUT2D eigenvalue weighted by molar-refractivity contribution is -0.123. The number of hydrogen-bond donors (Lipinski definition) is 0. The van der Waals surface area contributed by atoms with E-state index in [-0.39, 0.29) is 24.9 Å². The Balaban J connectivity index is 3.33. The van der Waals surface area contributed by atoms with Crippen molar-refractivity contribution >= 4 is 5.78 Å². The molecule has 0 saturated carbocycles. The predicted molar refractivity (Wildman–Crippen MR) is 39.5 cm³/mol. The fourth-order valence-corrected chi connectivity index (χ4v) is 0.424. The van der Waals surface area contributed by atoms with Crippen molar-refractivity contribution in [3.8, 4) is 12.3 Å². The second-order valence-corrected chi connectivity index (χ2v) is 2.28. The molecule has 0 aromatic carbocycles. The van der Waals surface area contributed by atoms with Gasteiger partial charge in [0.1, 0.15) is 6.61 Å². The molecule has 0 radical (unpaired) electrons. The third kappa shape index (κ3) is 5.33. The van der Waals surface area contributed by atoms with Crippen molar-refractivity contribution < 1.29 is 9.53 Å². The second-order valence-electron chi connectivity index (χ2n) is 2.28. The van der Waals surface area contributed by atoms with E-state index >= 15 is 0 Å². The van der Waals surface area contributed by atoms with E-state index in [4.69, 9.17) is 11.2 Å². The van der Waals surface area contributed by atoms with Crippen LogP contribution in [0, 0.1) is 12.3 Å². The first-order valence-corrected chi connectivity index (χ1v) is 3.23. The highest BCUT2D eigenvalue weighted by Crippen LogP contribution is 1.89. The zero-order valence-corrected chi connectivity index (χ0v) is 6.39. The van der Waals surface area contributed by atoms with Crippen LogP contribution in [0.2, 0.25) is 0 Å². The summed E-state index contributed by atoms with van der Waals surface area (Å²) in [5.74, 6) is 2.23. The number of rotatable bonds is 4. The van der Waals surface area contributed by atoms with Crippen LogP contribution >= 0.6 is 0 Å². The normalized spacial score (nSPS) is 9.40. The molecule has 0 aromatic rings. The van der Waals surface area contributed by atoms with Gasteiger partial charge in [-0.1, -0.05) is 5.92 Å². The van der Waals surface area contributed by atoms with Gasteiger partial charge in [0.15, 0.2) is 5.78 Å². The zero-order chi connectivity index (χ0) is 7.98. The van der Waals surface area contributed by atoms with Gasteiger partial charge in [-0.3, -0.25) is 4.79 Å². The minimum atomic E-state index is -0.0313. The van der Waals surface area contributed by atoms with Crippen molar-refractivity contribution in [2.24, 2.45) is 0 Å². The quantitative estimate of drug-likeness (QED) is 0.544. The summed E-state index contributed by atoms with van der Waals surface area (Å²) in [5.41, 5.74) is 0. The third-order valence-electron chi connectivity index (χ3n) is 0.877. The molecule has 0 spiro atoms. The number of Topliss-reactive ketones (excluding diaryl/α,β-unsaturated/α-hetero) is 1. The molecule has 0 heterocycles. The van der Waals surface area contributed by atoms with Crippen LogP contribution in [0.3, 0.4) is 0 Å². The topological polar surface area (TPSA) is 26.3 Å². The summed E-state index contributed by atoms with van der Waals surface area (Å²) in [7, 11) is 0. The Morgan fingerprint density at radius 3 is 2.70 bits per heavy atom. The Bertz CT molecular complexity index is 142. The van der Waals surface area contributed by atoms with Gasteiger partial charge in [0.25, 0.3) is 0 Å². The van der Waals surface area contributed by atoms with Crippen LogP contribution in [-0.2, 0) is 9.53 Å². The number of ketones is 1. The van der Waals surface area contributed by atoms with Gasteiger partial charge in [-0.2, -0.15) is 0 Å². The average Bonchev–Trinajstić information content (AvgIpc) is 1.85. The standard InChI is InChI=1S/C8H12O2/c1-4-5-8(9)6-10-7(2)3/h1,7H,5-6H2,2-3H3. The number of terminal acetylenes is 1. The molecular formula is C8H12O2. The minimum Gasteiger partial charge on any atom is -0.371 e. The fourth-order valence-electron chi connectivity index (χ4n) is 0.424. The molecule has 0 atom stereocenters. The Morgan fingerprint density at radius 1 is 1.70 bits per heavy atom. The molecule has 0 aliphatic heterocycles. The van der Waals surface area contributed by atoms with Crippen LogP contribution < -0.4 is 0 Å². The summed E-state index contributed by atoms with van der Waals surface area (Å²) in [5, 5.41) is 0. The van der Waals surface area contributed by atoms with E-state index in [2.05, 4.69) is 5.92 Å². The lowest BCUT2D eigenvalue weighted by Gasteiger charge is -2.03. The molecule has 0 saturated heterocycles. The third-order valence-corrected chi connectivity index (χ3v) is 0.877. The number of hydrogen-bond acceptors (Lipinski definition) is 2. The molecule has 0 amide bonds. The van der Waals surface area contributed by atoms with Crippen molar-refractivity contribution in [3.63, 3.8) is 0 Å². The van der Waals surface area contributed by atoms with Crippen LogP contribution in [0.1, 0.15) is 20.3 Å². The van der Waals surface area contributed by atoms with E-state index in [9.17, 15) is 4.79 Å². The molecule has 0 fully saturated rings. The van der Waals surface area contributed by atoms with Gasteiger partial charge in [0, 0.05) is 0 Å². The van der Waals surface area contributed by atoms with Gasteiger partial charge in [-0.15, -0.1) is 6.42 Å². The monoisotopic (exact) mass is 140 g/mol. The maximum Gasteiger partial charge on any atom is 0.170 e. The van der Waals surface area contributed by atoms with E-state index in [1.54, 1.807) is 0 Å². The van der Waals surface area contributed by atoms with Crippen molar-refractivity contribution in [2.45, 2.75) is 26.4 Å². The van der Waals surface area contributed by atoms with Gasteiger partial charge in [-0.25, -0.2) is 0 Å². The molecule has 56 valence electrons. The number of carbonyl (C=O) groups is 1. The minimum absolute atomic E-state index is 0.0313. The van der Waals surface area contributed by atoms with Crippen LogP contribution in [0.25, 0.3) is 0 Å². The maximum absolute atomic E-state index is 10.7. The Labute approximate surface area is 61.6 Å². The summed E-state index contributed by atoms with van der Waals surface area (Å²) in [6, 6.07) is 0. The first-order chi connectivity index (χ1) is 4.66. The van der Waals surface area contributed by atoms with Crippen LogP contribution in [-0.4, -0.2) is 18.5 Å². The molecule has 0 unspecified atom stereocenters. The molecule has 0 bridgehead atoms. The molecule has 10 heavy (non-hydrogen) atoms. The summed E-state index contributed by atoms with van der Waals surface area (Å²) in [6.07, 6.45) is 5.18. The average molecular weight is 140 g/mol. The van der Waals surface area contributed by atoms with Gasteiger partial charge in [0.2, 0.25) is 0 Å². The molecule has 2 heteroatoms. The van der Waals surface area contributed by atoms with Crippen molar-refractivity contribution in [3.05, 3.63) is 0 Å². The Hall–Kier alpha value is -0.810. The first kappa shape index (κ1) is 9.19. The van der Waals surface area contributed by atoms with Crippen LogP contribution in [0.4, 0.5) is 0 Å². The van der Waals surface area contributed by atoms with Gasteiger partial charge in [-0.05, 0) is 13.8 Å². The highest BCUT2D eigenvalue weighted by molar-refractivity contribution is 5.81. The lowest BCUT2D eigenvalue weighted by Crippen LogP contribution is -2.12. The van der Waals surface area contributed by atoms with Crippen LogP contribution in [0.15, 0.2) is 0 Å². The summed E-state index contributed by atoms with van der Waals surface area (Å²) in [6.45, 7) is 3.90.